The lowest BCUT2D eigenvalue weighted by Gasteiger charge is -2.18. The van der Waals surface area contributed by atoms with Crippen molar-refractivity contribution in [2.24, 2.45) is 0 Å². The molecule has 0 amide bonds. The normalized spacial score (nSPS) is 13.0. The van der Waals surface area contributed by atoms with Crippen LogP contribution in [0, 0.1) is 0 Å². The van der Waals surface area contributed by atoms with Crippen LogP contribution in [0.15, 0.2) is 97.2 Å². The molecule has 0 N–H and O–H groups in total. The van der Waals surface area contributed by atoms with Gasteiger partial charge in [0.25, 0.3) is 0 Å². The predicted molar refractivity (Wildman–Crippen MR) is 228 cm³/mol. The van der Waals surface area contributed by atoms with Gasteiger partial charge in [-0.15, -0.1) is 0 Å². The molecule has 0 aromatic heterocycles. The minimum Gasteiger partial charge on any atom is -0.462 e. The molecule has 0 aliphatic carbocycles. The van der Waals surface area contributed by atoms with Gasteiger partial charge >= 0.3 is 17.9 Å². The molecule has 0 spiro atoms. The Labute approximate surface area is 330 Å². The lowest BCUT2D eigenvalue weighted by molar-refractivity contribution is -0.166. The van der Waals surface area contributed by atoms with Gasteiger partial charge in [0.05, 0.1) is 6.42 Å². The van der Waals surface area contributed by atoms with Gasteiger partial charge in [0.2, 0.25) is 0 Å². The Morgan fingerprint density at radius 1 is 0.407 bits per heavy atom. The van der Waals surface area contributed by atoms with Crippen molar-refractivity contribution >= 4 is 17.9 Å². The molecule has 1 unspecified atom stereocenters. The van der Waals surface area contributed by atoms with Crippen LogP contribution in [0.25, 0.3) is 0 Å². The van der Waals surface area contributed by atoms with E-state index in [0.717, 1.165) is 83.5 Å². The Bertz CT molecular complexity index is 1140. The van der Waals surface area contributed by atoms with Gasteiger partial charge in [-0.25, -0.2) is 0 Å². The van der Waals surface area contributed by atoms with Gasteiger partial charge in [0.1, 0.15) is 13.2 Å². The van der Waals surface area contributed by atoms with E-state index in [1.165, 1.54) is 38.5 Å². The fourth-order valence-electron chi connectivity index (χ4n) is 5.21. The molecule has 6 nitrogen and oxygen atoms in total. The monoisotopic (exact) mass is 749 g/mol. The van der Waals surface area contributed by atoms with Crippen LogP contribution in [0.5, 0.6) is 0 Å². The van der Waals surface area contributed by atoms with E-state index in [0.29, 0.717) is 12.8 Å². The number of carbonyl (C=O) groups excluding carboxylic acids is 3. The van der Waals surface area contributed by atoms with E-state index in [1.54, 1.807) is 6.08 Å². The van der Waals surface area contributed by atoms with Crippen molar-refractivity contribution in [2.45, 2.75) is 175 Å². The Balaban J connectivity index is 4.58. The first-order chi connectivity index (χ1) is 26.5. The first-order valence-corrected chi connectivity index (χ1v) is 21.2. The van der Waals surface area contributed by atoms with Crippen molar-refractivity contribution in [3.8, 4) is 0 Å². The van der Waals surface area contributed by atoms with E-state index < -0.39 is 18.0 Å². The zero-order valence-corrected chi connectivity index (χ0v) is 34.4. The molecule has 0 saturated carbocycles. The summed E-state index contributed by atoms with van der Waals surface area (Å²) in [5.74, 6) is -1.17. The summed E-state index contributed by atoms with van der Waals surface area (Å²) in [5, 5.41) is 0. The summed E-state index contributed by atoms with van der Waals surface area (Å²) in [5.41, 5.74) is 0. The molecule has 0 aromatic rings. The quantitative estimate of drug-likeness (QED) is 0.0275. The predicted octanol–water partition coefficient (Wildman–Crippen LogP) is 13.5. The molecule has 0 saturated heterocycles. The zero-order chi connectivity index (χ0) is 39.4. The lowest BCUT2D eigenvalue weighted by atomic mass is 10.1. The SMILES string of the molecule is CC/C=C\C/C=C\C/C=C\CCCCCCC(=O)OCC(COC(=O)C/C=C\C/C=C\C/C=C\CC)OC(=O)CC/C=C\C/C=C\CCCCCCCC. The Morgan fingerprint density at radius 3 is 1.37 bits per heavy atom. The summed E-state index contributed by atoms with van der Waals surface area (Å²) in [7, 11) is 0. The minimum absolute atomic E-state index is 0.117. The molecule has 1 atom stereocenters. The molecule has 0 aromatic carbocycles. The Morgan fingerprint density at radius 2 is 0.833 bits per heavy atom. The van der Waals surface area contributed by atoms with Crippen molar-refractivity contribution in [1.29, 1.82) is 0 Å². The van der Waals surface area contributed by atoms with Crippen LogP contribution in [0.2, 0.25) is 0 Å². The van der Waals surface area contributed by atoms with E-state index in [4.69, 9.17) is 14.2 Å². The third-order valence-corrected chi connectivity index (χ3v) is 8.35. The number of esters is 3. The highest BCUT2D eigenvalue weighted by molar-refractivity contribution is 5.72. The summed E-state index contributed by atoms with van der Waals surface area (Å²) >= 11 is 0. The lowest BCUT2D eigenvalue weighted by Crippen LogP contribution is -2.30. The van der Waals surface area contributed by atoms with Crippen LogP contribution in [-0.4, -0.2) is 37.2 Å². The molecule has 0 bridgehead atoms. The molecule has 54 heavy (non-hydrogen) atoms. The van der Waals surface area contributed by atoms with Gasteiger partial charge < -0.3 is 14.2 Å². The van der Waals surface area contributed by atoms with Crippen molar-refractivity contribution in [3.63, 3.8) is 0 Å². The maximum absolute atomic E-state index is 12.6. The molecule has 0 rings (SSSR count). The topological polar surface area (TPSA) is 78.9 Å². The van der Waals surface area contributed by atoms with Gasteiger partial charge in [-0.1, -0.05) is 163 Å². The molecule has 0 heterocycles. The van der Waals surface area contributed by atoms with Crippen LogP contribution >= 0.6 is 0 Å². The third-order valence-electron chi connectivity index (χ3n) is 8.35. The summed E-state index contributed by atoms with van der Waals surface area (Å²) in [6.45, 7) is 6.19. The first-order valence-electron chi connectivity index (χ1n) is 21.2. The molecular formula is C48H76O6. The number of ether oxygens (including phenoxy) is 3. The average molecular weight is 749 g/mol. The van der Waals surface area contributed by atoms with Crippen molar-refractivity contribution in [3.05, 3.63) is 97.2 Å². The van der Waals surface area contributed by atoms with E-state index in [-0.39, 0.29) is 32.0 Å². The first kappa shape index (κ1) is 50.3. The number of hydrogen-bond donors (Lipinski definition) is 0. The second-order valence-electron chi connectivity index (χ2n) is 13.5. The smallest absolute Gasteiger partial charge is 0.309 e. The molecule has 304 valence electrons. The molecule has 0 fully saturated rings. The summed E-state index contributed by atoms with van der Waals surface area (Å²) in [4.78, 5) is 37.5. The van der Waals surface area contributed by atoms with Gasteiger partial charge in [0.15, 0.2) is 6.10 Å². The number of hydrogen-bond acceptors (Lipinski definition) is 6. The summed E-state index contributed by atoms with van der Waals surface area (Å²) < 4.78 is 16.5. The van der Waals surface area contributed by atoms with Crippen LogP contribution < -0.4 is 0 Å². The van der Waals surface area contributed by atoms with Crippen LogP contribution in [0.3, 0.4) is 0 Å². The summed E-state index contributed by atoms with van der Waals surface area (Å²) in [6, 6.07) is 0. The van der Waals surface area contributed by atoms with E-state index in [1.807, 2.05) is 12.2 Å². The van der Waals surface area contributed by atoms with Crippen molar-refractivity contribution in [1.82, 2.24) is 0 Å². The average Bonchev–Trinajstić information content (AvgIpc) is 3.17. The summed E-state index contributed by atoms with van der Waals surface area (Å²) in [6.07, 6.45) is 54.4. The fourth-order valence-corrected chi connectivity index (χ4v) is 5.21. The fraction of sp³-hybridized carbons (Fsp3) is 0.604. The van der Waals surface area contributed by atoms with Gasteiger partial charge in [-0.05, 0) is 83.5 Å². The van der Waals surface area contributed by atoms with Crippen LogP contribution in [0.1, 0.15) is 168 Å². The Hall–Kier alpha value is -3.67. The highest BCUT2D eigenvalue weighted by atomic mass is 16.6. The van der Waals surface area contributed by atoms with Gasteiger partial charge in [-0.2, -0.15) is 0 Å². The van der Waals surface area contributed by atoms with Crippen LogP contribution in [-0.2, 0) is 28.6 Å². The van der Waals surface area contributed by atoms with Crippen molar-refractivity contribution in [2.75, 3.05) is 13.2 Å². The molecule has 0 aliphatic heterocycles. The third kappa shape index (κ3) is 39.5. The van der Waals surface area contributed by atoms with Gasteiger partial charge in [-0.3, -0.25) is 14.4 Å². The van der Waals surface area contributed by atoms with E-state index in [2.05, 4.69) is 99.8 Å². The van der Waals surface area contributed by atoms with Gasteiger partial charge in [0, 0.05) is 12.8 Å². The maximum Gasteiger partial charge on any atom is 0.309 e. The molecular weight excluding hydrogens is 673 g/mol. The maximum atomic E-state index is 12.6. The van der Waals surface area contributed by atoms with Crippen LogP contribution in [0.4, 0.5) is 0 Å². The number of carbonyl (C=O) groups is 3. The highest BCUT2D eigenvalue weighted by Crippen LogP contribution is 2.10. The minimum atomic E-state index is -0.850. The zero-order valence-electron chi connectivity index (χ0n) is 34.4. The second kappa shape index (κ2) is 42.1. The van der Waals surface area contributed by atoms with E-state index >= 15 is 0 Å². The number of allylic oxidation sites excluding steroid dienone is 15. The standard InChI is InChI=1S/C48H76O6/c1-4-7-10-13-16-19-21-23-25-26-29-32-35-38-41-47(50)53-44-45(43-52-46(49)40-37-34-31-28-18-15-12-9-6-3)54-48(51)42-39-36-33-30-27-24-22-20-17-14-11-8-5-2/h7,9-10,12,16,18-19,23-25,27-28,33-34,36-37,45H,4-6,8,11,13-15,17,20-22,26,29-32,35,38-44H2,1-3H3/b10-7-,12-9-,19-16-,25-23-,27-24-,28-18-,36-33-,37-34-. The molecule has 0 radical (unpaired) electrons. The number of unbranched alkanes of at least 4 members (excludes halogenated alkanes) is 10. The Kier molecular flexibility index (Phi) is 39.2. The molecule has 0 aliphatic rings. The van der Waals surface area contributed by atoms with E-state index in [9.17, 15) is 14.4 Å². The molecule has 6 heteroatoms. The second-order valence-corrected chi connectivity index (χ2v) is 13.5. The number of rotatable bonds is 36. The largest absolute Gasteiger partial charge is 0.462 e. The van der Waals surface area contributed by atoms with Crippen molar-refractivity contribution < 1.29 is 28.6 Å². The highest BCUT2D eigenvalue weighted by Gasteiger charge is 2.19.